The minimum absolute atomic E-state index is 0.0376. The fraction of sp³-hybridized carbons (Fsp3) is 0.185. The number of nitro groups is 1. The van der Waals surface area contributed by atoms with Crippen molar-refractivity contribution in [3.8, 4) is 0 Å². The van der Waals surface area contributed by atoms with Gasteiger partial charge in [0.25, 0.3) is 17.5 Å². The highest BCUT2D eigenvalue weighted by Crippen LogP contribution is 2.35. The van der Waals surface area contributed by atoms with E-state index in [1.807, 2.05) is 17.9 Å². The van der Waals surface area contributed by atoms with Crippen molar-refractivity contribution in [1.29, 1.82) is 0 Å². The predicted octanol–water partition coefficient (Wildman–Crippen LogP) is 4.47. The van der Waals surface area contributed by atoms with E-state index in [1.54, 1.807) is 60.7 Å². The quantitative estimate of drug-likeness (QED) is 0.242. The van der Waals surface area contributed by atoms with Gasteiger partial charge in [-0.15, -0.1) is 0 Å². The first-order valence-corrected chi connectivity index (χ1v) is 11.3. The summed E-state index contributed by atoms with van der Waals surface area (Å²) in [6.45, 7) is 4.05. The number of carbonyl (C=O) groups is 2. The molecule has 0 saturated carbocycles. The van der Waals surface area contributed by atoms with E-state index in [4.69, 9.17) is 4.74 Å². The molecule has 0 unspecified atom stereocenters. The average Bonchev–Trinajstić information content (AvgIpc) is 2.87. The maximum atomic E-state index is 13.6. The van der Waals surface area contributed by atoms with Gasteiger partial charge in [0, 0.05) is 30.3 Å². The Labute approximate surface area is 202 Å². The number of aryl methyl sites for hydroxylation is 1. The van der Waals surface area contributed by atoms with Gasteiger partial charge in [-0.3, -0.25) is 19.7 Å². The summed E-state index contributed by atoms with van der Waals surface area (Å²) in [4.78, 5) is 41.5. The van der Waals surface area contributed by atoms with Gasteiger partial charge in [-0.25, -0.2) is 4.90 Å². The average molecular weight is 469 g/mol. The number of fused-ring (bicyclic) bond motifs is 1. The molecule has 0 atom stereocenters. The first-order valence-electron chi connectivity index (χ1n) is 11.3. The molecule has 0 radical (unpaired) electrons. The number of amides is 2. The van der Waals surface area contributed by atoms with Crippen molar-refractivity contribution in [1.82, 2.24) is 0 Å². The van der Waals surface area contributed by atoms with Crippen molar-refractivity contribution >= 4 is 40.5 Å². The topological polar surface area (TPSA) is 93.0 Å². The van der Waals surface area contributed by atoms with Crippen molar-refractivity contribution < 1.29 is 19.2 Å². The number of anilines is 2. The number of hydrogen-bond acceptors (Lipinski definition) is 6. The number of rotatable bonds is 4. The van der Waals surface area contributed by atoms with Crippen LogP contribution in [0.1, 0.15) is 27.0 Å². The zero-order valence-corrected chi connectivity index (χ0v) is 19.1. The molecule has 1 saturated heterocycles. The molecule has 0 N–H and O–H groups in total. The van der Waals surface area contributed by atoms with Crippen molar-refractivity contribution in [2.45, 2.75) is 6.92 Å². The normalized spacial score (nSPS) is 17.0. The monoisotopic (exact) mass is 469 g/mol. The van der Waals surface area contributed by atoms with Gasteiger partial charge < -0.3 is 9.64 Å². The molecular weight excluding hydrogens is 446 g/mol. The number of nitrogens with zero attached hydrogens (tertiary/aromatic N) is 3. The Balaban J connectivity index is 1.61. The zero-order valence-electron chi connectivity index (χ0n) is 19.1. The number of ether oxygens (including phenoxy) is 1. The molecule has 2 aliphatic heterocycles. The van der Waals surface area contributed by atoms with Gasteiger partial charge in [-0.2, -0.15) is 0 Å². The van der Waals surface area contributed by atoms with Gasteiger partial charge >= 0.3 is 0 Å². The molecule has 0 spiro atoms. The van der Waals surface area contributed by atoms with Gasteiger partial charge in [-0.05, 0) is 54.0 Å². The first-order chi connectivity index (χ1) is 16.9. The van der Waals surface area contributed by atoms with Crippen molar-refractivity contribution in [2.75, 3.05) is 36.1 Å². The Morgan fingerprint density at radius 3 is 2.37 bits per heavy atom. The number of hydrogen-bond donors (Lipinski definition) is 0. The lowest BCUT2D eigenvalue weighted by Crippen LogP contribution is -2.41. The molecule has 0 aromatic heterocycles. The summed E-state index contributed by atoms with van der Waals surface area (Å²) >= 11 is 0. The maximum absolute atomic E-state index is 13.6. The Kier molecular flexibility index (Phi) is 5.88. The first kappa shape index (κ1) is 22.5. The van der Waals surface area contributed by atoms with Crippen LogP contribution in [0.5, 0.6) is 0 Å². The largest absolute Gasteiger partial charge is 0.378 e. The van der Waals surface area contributed by atoms with Gasteiger partial charge in [0.15, 0.2) is 0 Å². The summed E-state index contributed by atoms with van der Waals surface area (Å²) in [6, 6.07) is 19.0. The van der Waals surface area contributed by atoms with Crippen LogP contribution in [0.4, 0.5) is 17.1 Å². The second-order valence-electron chi connectivity index (χ2n) is 8.49. The zero-order chi connectivity index (χ0) is 24.5. The lowest BCUT2D eigenvalue weighted by Gasteiger charge is -2.29. The van der Waals surface area contributed by atoms with E-state index in [9.17, 15) is 19.7 Å². The van der Waals surface area contributed by atoms with Gasteiger partial charge in [0.1, 0.15) is 5.69 Å². The number of imide groups is 1. The van der Waals surface area contributed by atoms with E-state index in [1.165, 1.54) is 6.07 Å². The molecule has 8 heteroatoms. The molecule has 3 aromatic carbocycles. The van der Waals surface area contributed by atoms with Gasteiger partial charge in [0.2, 0.25) is 0 Å². The molecule has 2 heterocycles. The van der Waals surface area contributed by atoms with Crippen LogP contribution in [0.3, 0.4) is 0 Å². The van der Waals surface area contributed by atoms with E-state index in [-0.39, 0.29) is 5.69 Å². The summed E-state index contributed by atoms with van der Waals surface area (Å²) in [5.41, 5.74) is 3.60. The third-order valence-corrected chi connectivity index (χ3v) is 6.20. The molecule has 2 amide bonds. The molecule has 176 valence electrons. The Morgan fingerprint density at radius 2 is 1.66 bits per heavy atom. The third kappa shape index (κ3) is 4.20. The number of carbonyl (C=O) groups excluding carboxylic acids is 2. The Hall–Kier alpha value is -4.30. The molecule has 1 fully saturated rings. The predicted molar refractivity (Wildman–Crippen MR) is 133 cm³/mol. The van der Waals surface area contributed by atoms with Crippen molar-refractivity contribution in [3.63, 3.8) is 0 Å². The molecular formula is C27H23N3O5. The molecule has 0 bridgehead atoms. The molecule has 3 aromatic rings. The van der Waals surface area contributed by atoms with E-state index >= 15 is 0 Å². The number of morpholine rings is 1. The fourth-order valence-electron chi connectivity index (χ4n) is 4.51. The number of benzene rings is 3. The lowest BCUT2D eigenvalue weighted by atomic mass is 9.91. The van der Waals surface area contributed by atoms with E-state index in [0.717, 1.165) is 10.5 Å². The molecule has 0 aliphatic carbocycles. The third-order valence-electron chi connectivity index (χ3n) is 6.20. The van der Waals surface area contributed by atoms with Crippen LogP contribution in [-0.2, 0) is 9.53 Å². The van der Waals surface area contributed by atoms with Gasteiger partial charge in [-0.1, -0.05) is 36.4 Å². The molecule has 35 heavy (non-hydrogen) atoms. The molecule has 8 nitrogen and oxygen atoms in total. The smallest absolute Gasteiger partial charge is 0.293 e. The van der Waals surface area contributed by atoms with Crippen LogP contribution in [0.25, 0.3) is 11.6 Å². The standard InChI is InChI=1S/C27H23N3O5/c1-18-5-4-6-20(15-18)29-26(31)22-8-3-2-7-21(22)23(27(29)32)16-19-9-10-24(25(17-19)30(33)34)28-11-13-35-14-12-28/h2-10,15-17H,11-14H2,1H3/b23-16-. The Bertz CT molecular complexity index is 1370. The second kappa shape index (κ2) is 9.15. The van der Waals surface area contributed by atoms with E-state index in [2.05, 4.69) is 0 Å². The van der Waals surface area contributed by atoms with E-state index in [0.29, 0.717) is 59.9 Å². The molecule has 5 rings (SSSR count). The maximum Gasteiger partial charge on any atom is 0.293 e. The lowest BCUT2D eigenvalue weighted by molar-refractivity contribution is -0.384. The van der Waals surface area contributed by atoms with Gasteiger partial charge in [0.05, 0.1) is 23.8 Å². The second-order valence-corrected chi connectivity index (χ2v) is 8.49. The highest BCUT2D eigenvalue weighted by molar-refractivity contribution is 6.43. The van der Waals surface area contributed by atoms with Crippen molar-refractivity contribution in [2.24, 2.45) is 0 Å². The summed E-state index contributed by atoms with van der Waals surface area (Å²) in [6.07, 6.45) is 1.62. The minimum atomic E-state index is -0.473. The SMILES string of the molecule is Cc1cccc(N2C(=O)/C(=C\c3ccc(N4CCOCC4)c([N+](=O)[O-])c3)c3ccccc3C2=O)c1. The summed E-state index contributed by atoms with van der Waals surface area (Å²) in [5, 5.41) is 11.9. The molecule has 2 aliphatic rings. The van der Waals surface area contributed by atoms with Crippen molar-refractivity contribution in [3.05, 3.63) is 99.1 Å². The van der Waals surface area contributed by atoms with Crippen LogP contribution in [0.2, 0.25) is 0 Å². The summed E-state index contributed by atoms with van der Waals surface area (Å²) in [5.74, 6) is -0.874. The van der Waals surface area contributed by atoms with E-state index < -0.39 is 16.7 Å². The minimum Gasteiger partial charge on any atom is -0.378 e. The highest BCUT2D eigenvalue weighted by Gasteiger charge is 2.36. The van der Waals surface area contributed by atoms with Crippen LogP contribution in [0, 0.1) is 17.0 Å². The summed E-state index contributed by atoms with van der Waals surface area (Å²) < 4.78 is 5.36. The van der Waals surface area contributed by atoms with Crippen LogP contribution < -0.4 is 9.80 Å². The summed E-state index contributed by atoms with van der Waals surface area (Å²) in [7, 11) is 0. The van der Waals surface area contributed by atoms with Crippen LogP contribution in [0.15, 0.2) is 66.7 Å². The highest BCUT2D eigenvalue weighted by atomic mass is 16.6. The van der Waals surface area contributed by atoms with Crippen LogP contribution in [-0.4, -0.2) is 43.0 Å². The fourth-order valence-corrected chi connectivity index (χ4v) is 4.51. The van der Waals surface area contributed by atoms with Crippen LogP contribution >= 0.6 is 0 Å². The number of nitro benzene ring substituents is 1. The Morgan fingerprint density at radius 1 is 0.914 bits per heavy atom.